The number of rotatable bonds is 4. The molecular weight excluding hydrogens is 280 g/mol. The van der Waals surface area contributed by atoms with Crippen molar-refractivity contribution in [2.24, 2.45) is 0 Å². The number of nitrogens with one attached hydrogen (secondary N) is 1. The molecule has 0 aliphatic heterocycles. The van der Waals surface area contributed by atoms with Crippen molar-refractivity contribution in [3.05, 3.63) is 29.6 Å². The van der Waals surface area contributed by atoms with Gasteiger partial charge in [-0.1, -0.05) is 0 Å². The van der Waals surface area contributed by atoms with Crippen molar-refractivity contribution >= 4 is 11.6 Å². The van der Waals surface area contributed by atoms with Crippen molar-refractivity contribution in [2.45, 2.75) is 6.18 Å². The molecule has 0 atom stereocenters. The molecule has 0 radical (unpaired) electrons. The number of hydrogen-bond donors (Lipinski definition) is 1. The summed E-state index contributed by atoms with van der Waals surface area (Å²) in [5.74, 6) is -6.03. The Morgan fingerprint density at radius 2 is 1.79 bits per heavy atom. The van der Waals surface area contributed by atoms with E-state index >= 15 is 0 Å². The summed E-state index contributed by atoms with van der Waals surface area (Å²) in [5.41, 5.74) is -0.695. The third kappa shape index (κ3) is 4.78. The van der Waals surface area contributed by atoms with Crippen molar-refractivity contribution < 1.29 is 35.9 Å². The van der Waals surface area contributed by atoms with E-state index in [-0.39, 0.29) is 0 Å². The van der Waals surface area contributed by atoms with Crippen molar-refractivity contribution in [1.29, 1.82) is 0 Å². The van der Waals surface area contributed by atoms with Gasteiger partial charge < -0.3 is 10.1 Å². The number of benzene rings is 1. The lowest BCUT2D eigenvalue weighted by Crippen LogP contribution is -2.24. The highest BCUT2D eigenvalue weighted by atomic mass is 19.4. The molecule has 0 spiro atoms. The van der Waals surface area contributed by atoms with Gasteiger partial charge in [-0.2, -0.15) is 13.2 Å². The molecule has 1 N–H and O–H groups in total. The molecule has 0 aromatic heterocycles. The van der Waals surface area contributed by atoms with E-state index in [1.165, 1.54) is 0 Å². The second-order valence-electron chi connectivity index (χ2n) is 3.38. The highest BCUT2D eigenvalue weighted by Crippen LogP contribution is 2.19. The minimum atomic E-state index is -4.60. The number of hydrogen-bond acceptors (Lipinski definition) is 2. The van der Waals surface area contributed by atoms with Crippen molar-refractivity contribution in [3.8, 4) is 0 Å². The maximum atomic E-state index is 13.1. The summed E-state index contributed by atoms with van der Waals surface area (Å²) in [6.45, 7) is -2.65. The molecular formula is C10H7F6NO2. The molecule has 0 heterocycles. The zero-order valence-corrected chi connectivity index (χ0v) is 9.15. The topological polar surface area (TPSA) is 38.3 Å². The molecule has 0 unspecified atom stereocenters. The van der Waals surface area contributed by atoms with E-state index in [1.54, 1.807) is 5.32 Å². The van der Waals surface area contributed by atoms with Gasteiger partial charge in [-0.25, -0.2) is 13.2 Å². The van der Waals surface area contributed by atoms with Crippen LogP contribution < -0.4 is 5.32 Å². The molecule has 0 saturated carbocycles. The first kappa shape index (κ1) is 15.3. The Kier molecular flexibility index (Phi) is 4.76. The number of carbonyl (C=O) groups is 1. The van der Waals surface area contributed by atoms with Gasteiger partial charge in [0, 0.05) is 0 Å². The first-order valence-corrected chi connectivity index (χ1v) is 4.78. The van der Waals surface area contributed by atoms with E-state index < -0.39 is 48.4 Å². The fraction of sp³-hybridized carbons (Fsp3) is 0.300. The van der Waals surface area contributed by atoms with Gasteiger partial charge in [-0.05, 0) is 12.1 Å². The van der Waals surface area contributed by atoms with E-state index in [2.05, 4.69) is 4.74 Å². The van der Waals surface area contributed by atoms with Crippen LogP contribution in [0.4, 0.5) is 32.0 Å². The number of halogens is 6. The standard InChI is InChI=1S/C10H7F6NO2/c11-5-1-2-6(9(13)8(5)12)17-7(18)3-19-4-10(14,15)16/h1-2H,3-4H2,(H,17,18). The third-order valence-corrected chi connectivity index (χ3v) is 1.81. The summed E-state index contributed by atoms with van der Waals surface area (Å²) in [6.07, 6.45) is -4.60. The fourth-order valence-corrected chi connectivity index (χ4v) is 1.07. The molecule has 3 nitrogen and oxygen atoms in total. The number of ether oxygens (including phenoxy) is 1. The van der Waals surface area contributed by atoms with Gasteiger partial charge in [0.2, 0.25) is 5.91 Å². The predicted molar refractivity (Wildman–Crippen MR) is 51.8 cm³/mol. The van der Waals surface area contributed by atoms with Crippen LogP contribution in [0.1, 0.15) is 0 Å². The fourth-order valence-electron chi connectivity index (χ4n) is 1.07. The molecule has 1 rings (SSSR count). The van der Waals surface area contributed by atoms with E-state index in [9.17, 15) is 31.1 Å². The average Bonchev–Trinajstić information content (AvgIpc) is 2.28. The van der Waals surface area contributed by atoms with Crippen LogP contribution >= 0.6 is 0 Å². The molecule has 0 aliphatic carbocycles. The van der Waals surface area contributed by atoms with Crippen LogP contribution in [0, 0.1) is 17.5 Å². The summed E-state index contributed by atoms with van der Waals surface area (Å²) >= 11 is 0. The molecule has 9 heteroatoms. The number of alkyl halides is 3. The van der Waals surface area contributed by atoms with Gasteiger partial charge >= 0.3 is 6.18 Å². The van der Waals surface area contributed by atoms with Gasteiger partial charge in [-0.3, -0.25) is 4.79 Å². The maximum absolute atomic E-state index is 13.1. The lowest BCUT2D eigenvalue weighted by molar-refractivity contribution is -0.174. The van der Waals surface area contributed by atoms with E-state index in [0.717, 1.165) is 6.07 Å². The second-order valence-corrected chi connectivity index (χ2v) is 3.38. The predicted octanol–water partition coefficient (Wildman–Crippen LogP) is 2.62. The van der Waals surface area contributed by atoms with Crippen LogP contribution in [0.5, 0.6) is 0 Å². The number of anilines is 1. The third-order valence-electron chi connectivity index (χ3n) is 1.81. The van der Waals surface area contributed by atoms with Gasteiger partial charge in [0.25, 0.3) is 0 Å². The quantitative estimate of drug-likeness (QED) is 0.683. The van der Waals surface area contributed by atoms with Crippen LogP contribution in [0.15, 0.2) is 12.1 Å². The highest BCUT2D eigenvalue weighted by Gasteiger charge is 2.27. The Labute approximate surface area is 103 Å². The average molecular weight is 287 g/mol. The molecule has 0 bridgehead atoms. The van der Waals surface area contributed by atoms with E-state index in [1.807, 2.05) is 0 Å². The summed E-state index contributed by atoms with van der Waals surface area (Å²) in [4.78, 5) is 11.1. The van der Waals surface area contributed by atoms with Crippen LogP contribution in [-0.2, 0) is 9.53 Å². The van der Waals surface area contributed by atoms with Crippen LogP contribution in [0.3, 0.4) is 0 Å². The highest BCUT2D eigenvalue weighted by molar-refractivity contribution is 5.91. The summed E-state index contributed by atoms with van der Waals surface area (Å²) in [7, 11) is 0. The van der Waals surface area contributed by atoms with Crippen LogP contribution in [-0.4, -0.2) is 25.3 Å². The number of carbonyl (C=O) groups excluding carboxylic acids is 1. The monoisotopic (exact) mass is 287 g/mol. The summed E-state index contributed by atoms with van der Waals surface area (Å²) in [6, 6.07) is 1.29. The number of amides is 1. The molecule has 106 valence electrons. The van der Waals surface area contributed by atoms with Gasteiger partial charge in [0.1, 0.15) is 13.2 Å². The molecule has 1 amide bonds. The Morgan fingerprint density at radius 1 is 1.16 bits per heavy atom. The summed E-state index contributed by atoms with van der Waals surface area (Å²) < 4.78 is 77.5. The Balaban J connectivity index is 2.56. The van der Waals surface area contributed by atoms with Crippen molar-refractivity contribution in [1.82, 2.24) is 0 Å². The molecule has 0 aliphatic rings. The first-order valence-electron chi connectivity index (χ1n) is 4.78. The van der Waals surface area contributed by atoms with Gasteiger partial charge in [0.15, 0.2) is 17.5 Å². The molecule has 1 aromatic carbocycles. The zero-order chi connectivity index (χ0) is 14.6. The normalized spacial score (nSPS) is 11.5. The first-order chi connectivity index (χ1) is 8.70. The van der Waals surface area contributed by atoms with E-state index in [0.29, 0.717) is 6.07 Å². The SMILES string of the molecule is O=C(COCC(F)(F)F)Nc1ccc(F)c(F)c1F. The van der Waals surface area contributed by atoms with Crippen molar-refractivity contribution in [3.63, 3.8) is 0 Å². The van der Waals surface area contributed by atoms with E-state index in [4.69, 9.17) is 0 Å². The minimum absolute atomic E-state index is 0.560. The Hall–Kier alpha value is -1.77. The van der Waals surface area contributed by atoms with Gasteiger partial charge in [-0.15, -0.1) is 0 Å². The minimum Gasteiger partial charge on any atom is -0.362 e. The van der Waals surface area contributed by atoms with Crippen molar-refractivity contribution in [2.75, 3.05) is 18.5 Å². The maximum Gasteiger partial charge on any atom is 0.411 e. The largest absolute Gasteiger partial charge is 0.411 e. The lowest BCUT2D eigenvalue weighted by atomic mass is 10.3. The molecule has 19 heavy (non-hydrogen) atoms. The summed E-state index contributed by atoms with van der Waals surface area (Å²) in [5, 5.41) is 1.75. The van der Waals surface area contributed by atoms with Crippen LogP contribution in [0.2, 0.25) is 0 Å². The zero-order valence-electron chi connectivity index (χ0n) is 9.15. The molecule has 0 fully saturated rings. The lowest BCUT2D eigenvalue weighted by Gasteiger charge is -2.09. The molecule has 1 aromatic rings. The second kappa shape index (κ2) is 5.91. The van der Waals surface area contributed by atoms with Gasteiger partial charge in [0.05, 0.1) is 5.69 Å². The smallest absolute Gasteiger partial charge is 0.362 e. The van der Waals surface area contributed by atoms with Crippen LogP contribution in [0.25, 0.3) is 0 Å². The Morgan fingerprint density at radius 3 is 2.37 bits per heavy atom. The molecule has 0 saturated heterocycles. The Bertz CT molecular complexity index is 474.